The molecule has 0 bridgehead atoms. The van der Waals surface area contributed by atoms with Crippen LogP contribution in [0.1, 0.15) is 16.0 Å². The zero-order valence-electron chi connectivity index (χ0n) is 10.3. The SMILES string of the molecule is COc1cc(F)c(C(Br)c2c(F)cccc2Cl)c(F)c1. The molecule has 0 amide bonds. The van der Waals surface area contributed by atoms with Gasteiger partial charge in [0.25, 0.3) is 0 Å². The van der Waals surface area contributed by atoms with E-state index in [2.05, 4.69) is 15.9 Å². The normalized spacial score (nSPS) is 12.3. The molecule has 0 fully saturated rings. The predicted molar refractivity (Wildman–Crippen MR) is 75.1 cm³/mol. The molecular weight excluding hydrogens is 357 g/mol. The molecule has 0 radical (unpaired) electrons. The number of ether oxygens (including phenoxy) is 1. The van der Waals surface area contributed by atoms with Gasteiger partial charge in [0.15, 0.2) is 0 Å². The summed E-state index contributed by atoms with van der Waals surface area (Å²) in [7, 11) is 1.30. The average molecular weight is 366 g/mol. The van der Waals surface area contributed by atoms with Gasteiger partial charge in [-0.25, -0.2) is 13.2 Å². The van der Waals surface area contributed by atoms with Crippen LogP contribution in [0.5, 0.6) is 5.75 Å². The van der Waals surface area contributed by atoms with Gasteiger partial charge in [0.1, 0.15) is 23.2 Å². The van der Waals surface area contributed by atoms with Crippen molar-refractivity contribution in [1.29, 1.82) is 0 Å². The van der Waals surface area contributed by atoms with Crippen molar-refractivity contribution in [2.75, 3.05) is 7.11 Å². The van der Waals surface area contributed by atoms with Gasteiger partial charge in [-0.3, -0.25) is 0 Å². The summed E-state index contributed by atoms with van der Waals surface area (Å²) in [6.45, 7) is 0. The summed E-state index contributed by atoms with van der Waals surface area (Å²) >= 11 is 9.00. The van der Waals surface area contributed by atoms with Gasteiger partial charge in [-0.2, -0.15) is 0 Å². The molecule has 0 saturated heterocycles. The summed E-state index contributed by atoms with van der Waals surface area (Å²) in [6.07, 6.45) is 0. The van der Waals surface area contributed by atoms with Gasteiger partial charge in [-0.05, 0) is 12.1 Å². The molecular formula is C14H9BrClF3O. The molecule has 6 heteroatoms. The third-order valence-corrected chi connectivity index (χ3v) is 4.04. The number of hydrogen-bond acceptors (Lipinski definition) is 1. The second kappa shape index (κ2) is 6.06. The van der Waals surface area contributed by atoms with E-state index in [9.17, 15) is 13.2 Å². The van der Waals surface area contributed by atoms with Crippen molar-refractivity contribution in [1.82, 2.24) is 0 Å². The standard InChI is InChI=1S/C14H9BrClF3O/c1-20-7-5-10(18)13(11(19)6-7)14(15)12-8(16)3-2-4-9(12)17/h2-6,14H,1H3. The molecule has 0 aliphatic rings. The lowest BCUT2D eigenvalue weighted by atomic mass is 10.0. The fourth-order valence-corrected chi connectivity index (χ4v) is 3.12. The second-order valence-corrected chi connectivity index (χ2v) is 5.33. The maximum Gasteiger partial charge on any atom is 0.134 e. The monoisotopic (exact) mass is 364 g/mol. The molecule has 1 unspecified atom stereocenters. The highest BCUT2D eigenvalue weighted by atomic mass is 79.9. The van der Waals surface area contributed by atoms with Crippen LogP contribution < -0.4 is 4.74 Å². The van der Waals surface area contributed by atoms with Crippen LogP contribution in [0.4, 0.5) is 13.2 Å². The predicted octanol–water partition coefficient (Wildman–Crippen LogP) is 5.25. The lowest BCUT2D eigenvalue weighted by Gasteiger charge is -2.16. The molecule has 2 rings (SSSR count). The minimum absolute atomic E-state index is 0.0165. The van der Waals surface area contributed by atoms with E-state index in [4.69, 9.17) is 16.3 Å². The Hall–Kier alpha value is -1.20. The Bertz CT molecular complexity index is 605. The fraction of sp³-hybridized carbons (Fsp3) is 0.143. The number of alkyl halides is 1. The van der Waals surface area contributed by atoms with Crippen LogP contribution in [0.15, 0.2) is 30.3 Å². The Labute approximate surface area is 127 Å². The molecule has 0 heterocycles. The van der Waals surface area contributed by atoms with Crippen molar-refractivity contribution >= 4 is 27.5 Å². The van der Waals surface area contributed by atoms with Crippen molar-refractivity contribution in [2.24, 2.45) is 0 Å². The number of halogens is 5. The smallest absolute Gasteiger partial charge is 0.134 e. The van der Waals surface area contributed by atoms with E-state index < -0.39 is 22.3 Å². The number of hydrogen-bond donors (Lipinski definition) is 0. The Morgan fingerprint density at radius 1 is 1.05 bits per heavy atom. The van der Waals surface area contributed by atoms with Crippen LogP contribution in [0.2, 0.25) is 5.02 Å². The molecule has 0 spiro atoms. The van der Waals surface area contributed by atoms with Crippen LogP contribution in [-0.4, -0.2) is 7.11 Å². The minimum Gasteiger partial charge on any atom is -0.497 e. The first kappa shape index (κ1) is 15.2. The molecule has 2 aromatic carbocycles. The van der Waals surface area contributed by atoms with E-state index in [-0.39, 0.29) is 21.9 Å². The van der Waals surface area contributed by atoms with Gasteiger partial charge < -0.3 is 4.74 Å². The molecule has 0 saturated carbocycles. The van der Waals surface area contributed by atoms with E-state index in [1.54, 1.807) is 0 Å². The van der Waals surface area contributed by atoms with Crippen molar-refractivity contribution in [3.8, 4) is 5.75 Å². The quantitative estimate of drug-likeness (QED) is 0.675. The topological polar surface area (TPSA) is 9.23 Å². The van der Waals surface area contributed by atoms with Gasteiger partial charge in [-0.1, -0.05) is 33.6 Å². The number of benzene rings is 2. The van der Waals surface area contributed by atoms with Gasteiger partial charge in [0, 0.05) is 28.3 Å². The van der Waals surface area contributed by atoms with E-state index in [1.165, 1.54) is 25.3 Å². The first-order chi connectivity index (χ1) is 9.45. The number of rotatable bonds is 3. The minimum atomic E-state index is -1.04. The second-order valence-electron chi connectivity index (χ2n) is 4.00. The highest BCUT2D eigenvalue weighted by Gasteiger charge is 2.25. The third-order valence-electron chi connectivity index (χ3n) is 2.79. The zero-order chi connectivity index (χ0) is 14.9. The Morgan fingerprint density at radius 3 is 2.15 bits per heavy atom. The van der Waals surface area contributed by atoms with Crippen LogP contribution in [-0.2, 0) is 0 Å². The molecule has 0 N–H and O–H groups in total. The Morgan fingerprint density at radius 2 is 1.65 bits per heavy atom. The van der Waals surface area contributed by atoms with Gasteiger partial charge in [-0.15, -0.1) is 0 Å². The molecule has 1 nitrogen and oxygen atoms in total. The maximum atomic E-state index is 14.0. The van der Waals surface area contributed by atoms with Crippen molar-refractivity contribution in [3.05, 3.63) is 63.9 Å². The molecule has 0 aliphatic carbocycles. The summed E-state index contributed by atoms with van der Waals surface area (Å²) in [4.78, 5) is -1.04. The highest BCUT2D eigenvalue weighted by Crippen LogP contribution is 2.40. The van der Waals surface area contributed by atoms with Gasteiger partial charge in [0.2, 0.25) is 0 Å². The van der Waals surface area contributed by atoms with Gasteiger partial charge in [0.05, 0.1) is 11.9 Å². The fourth-order valence-electron chi connectivity index (χ4n) is 1.82. The molecule has 2 aromatic rings. The van der Waals surface area contributed by atoms with Crippen molar-refractivity contribution < 1.29 is 17.9 Å². The van der Waals surface area contributed by atoms with Crippen LogP contribution in [0, 0.1) is 17.5 Å². The zero-order valence-corrected chi connectivity index (χ0v) is 12.6. The summed E-state index contributed by atoms with van der Waals surface area (Å²) in [6, 6.07) is 6.10. The largest absolute Gasteiger partial charge is 0.497 e. The molecule has 1 atom stereocenters. The van der Waals surface area contributed by atoms with E-state index in [0.29, 0.717) is 0 Å². The van der Waals surface area contributed by atoms with Crippen LogP contribution >= 0.6 is 27.5 Å². The molecule has 0 aromatic heterocycles. The Kier molecular flexibility index (Phi) is 4.60. The summed E-state index contributed by atoms with van der Waals surface area (Å²) in [5.74, 6) is -2.29. The third kappa shape index (κ3) is 2.79. The van der Waals surface area contributed by atoms with E-state index in [1.807, 2.05) is 0 Å². The molecule has 106 valence electrons. The summed E-state index contributed by atoms with van der Waals surface area (Å²) < 4.78 is 46.5. The first-order valence-corrected chi connectivity index (χ1v) is 6.86. The van der Waals surface area contributed by atoms with Crippen molar-refractivity contribution in [3.63, 3.8) is 0 Å². The van der Waals surface area contributed by atoms with Crippen LogP contribution in [0.25, 0.3) is 0 Å². The first-order valence-electron chi connectivity index (χ1n) is 5.56. The van der Waals surface area contributed by atoms with E-state index in [0.717, 1.165) is 12.1 Å². The molecule has 20 heavy (non-hydrogen) atoms. The average Bonchev–Trinajstić information content (AvgIpc) is 2.37. The maximum absolute atomic E-state index is 14.0. The van der Waals surface area contributed by atoms with E-state index >= 15 is 0 Å². The highest BCUT2D eigenvalue weighted by molar-refractivity contribution is 9.09. The molecule has 0 aliphatic heterocycles. The van der Waals surface area contributed by atoms with Crippen molar-refractivity contribution in [2.45, 2.75) is 4.83 Å². The Balaban J connectivity index is 2.57. The summed E-state index contributed by atoms with van der Waals surface area (Å²) in [5.41, 5.74) is -0.338. The lowest BCUT2D eigenvalue weighted by Crippen LogP contribution is -2.04. The lowest BCUT2D eigenvalue weighted by molar-refractivity contribution is 0.405. The van der Waals surface area contributed by atoms with Gasteiger partial charge >= 0.3 is 0 Å². The number of methoxy groups -OCH3 is 1. The van der Waals surface area contributed by atoms with Crippen LogP contribution in [0.3, 0.4) is 0 Å². The summed E-state index contributed by atoms with van der Waals surface area (Å²) in [5, 5.41) is 0.0847.